The van der Waals surface area contributed by atoms with Crippen molar-refractivity contribution in [2.45, 2.75) is 6.92 Å². The molecule has 0 amide bonds. The van der Waals surface area contributed by atoms with Gasteiger partial charge in [-0.3, -0.25) is 0 Å². The normalized spacial score (nSPS) is 14.3. The predicted molar refractivity (Wildman–Crippen MR) is 93.2 cm³/mol. The smallest absolute Gasteiger partial charge is 0.355 e. The highest BCUT2D eigenvalue weighted by molar-refractivity contribution is 6.03. The molecule has 0 aliphatic carbocycles. The standard InChI is InChI=1S/C19H19NO6/c1-12-4-9-16(26-12)13-5-7-14(8-6-13)20-11-25-10-15(18(21)23-2)17(20)19(22)24-3/h4-9H,10-11H2,1-3H3. The van der Waals surface area contributed by atoms with Crippen molar-refractivity contribution in [3.8, 4) is 11.3 Å². The Hall–Kier alpha value is -3.06. The fourth-order valence-electron chi connectivity index (χ4n) is 2.74. The van der Waals surface area contributed by atoms with Gasteiger partial charge in [-0.05, 0) is 43.3 Å². The topological polar surface area (TPSA) is 78.2 Å². The lowest BCUT2D eigenvalue weighted by Gasteiger charge is -2.31. The molecule has 2 heterocycles. The minimum absolute atomic E-state index is 0.0165. The molecular weight excluding hydrogens is 338 g/mol. The van der Waals surface area contributed by atoms with Crippen LogP contribution in [0.4, 0.5) is 5.69 Å². The Balaban J connectivity index is 1.98. The first-order valence-corrected chi connectivity index (χ1v) is 7.97. The van der Waals surface area contributed by atoms with Crippen LogP contribution in [0.3, 0.4) is 0 Å². The molecule has 7 nitrogen and oxygen atoms in total. The van der Waals surface area contributed by atoms with E-state index in [1.807, 2.05) is 43.3 Å². The summed E-state index contributed by atoms with van der Waals surface area (Å²) in [6.45, 7) is 1.98. The molecular formula is C19H19NO6. The Morgan fingerprint density at radius 3 is 2.27 bits per heavy atom. The number of methoxy groups -OCH3 is 2. The van der Waals surface area contributed by atoms with Crippen molar-refractivity contribution in [3.63, 3.8) is 0 Å². The van der Waals surface area contributed by atoms with Crippen LogP contribution >= 0.6 is 0 Å². The van der Waals surface area contributed by atoms with Crippen molar-refractivity contribution in [3.05, 3.63) is 53.4 Å². The Morgan fingerprint density at radius 1 is 1.00 bits per heavy atom. The third-order valence-electron chi connectivity index (χ3n) is 4.04. The van der Waals surface area contributed by atoms with Crippen LogP contribution in [-0.2, 0) is 23.8 Å². The van der Waals surface area contributed by atoms with Crippen molar-refractivity contribution in [2.75, 3.05) is 32.5 Å². The van der Waals surface area contributed by atoms with Crippen LogP contribution in [0.15, 0.2) is 52.1 Å². The number of carbonyl (C=O) groups is 2. The van der Waals surface area contributed by atoms with E-state index in [1.54, 1.807) is 4.90 Å². The number of rotatable bonds is 4. The van der Waals surface area contributed by atoms with Gasteiger partial charge in [-0.15, -0.1) is 0 Å². The van der Waals surface area contributed by atoms with E-state index < -0.39 is 11.9 Å². The number of hydrogen-bond acceptors (Lipinski definition) is 7. The highest BCUT2D eigenvalue weighted by Gasteiger charge is 2.32. The van der Waals surface area contributed by atoms with E-state index >= 15 is 0 Å². The van der Waals surface area contributed by atoms with Gasteiger partial charge in [0.25, 0.3) is 0 Å². The molecule has 1 aromatic heterocycles. The molecule has 0 bridgehead atoms. The largest absolute Gasteiger partial charge is 0.466 e. The van der Waals surface area contributed by atoms with Gasteiger partial charge in [-0.1, -0.05) is 0 Å². The van der Waals surface area contributed by atoms with Crippen LogP contribution in [0, 0.1) is 6.92 Å². The quantitative estimate of drug-likeness (QED) is 0.778. The van der Waals surface area contributed by atoms with Crippen LogP contribution in [0.25, 0.3) is 11.3 Å². The second-order valence-corrected chi connectivity index (χ2v) is 5.67. The Morgan fingerprint density at radius 2 is 1.69 bits per heavy atom. The summed E-state index contributed by atoms with van der Waals surface area (Å²) in [4.78, 5) is 25.9. The summed E-state index contributed by atoms with van der Waals surface area (Å²) in [5.41, 5.74) is 1.82. The van der Waals surface area contributed by atoms with E-state index in [2.05, 4.69) is 0 Å². The van der Waals surface area contributed by atoms with Gasteiger partial charge in [0.05, 0.1) is 26.4 Å². The molecule has 1 aromatic carbocycles. The molecule has 136 valence electrons. The number of benzene rings is 1. The molecule has 2 aromatic rings. The molecule has 0 atom stereocenters. The van der Waals surface area contributed by atoms with E-state index in [4.69, 9.17) is 18.6 Å². The number of furan rings is 1. The summed E-state index contributed by atoms with van der Waals surface area (Å²) < 4.78 is 20.7. The van der Waals surface area contributed by atoms with E-state index in [0.717, 1.165) is 17.1 Å². The van der Waals surface area contributed by atoms with Gasteiger partial charge in [0, 0.05) is 11.3 Å². The molecule has 0 saturated heterocycles. The Bertz CT molecular complexity index is 849. The highest BCUT2D eigenvalue weighted by Crippen LogP contribution is 2.29. The van der Waals surface area contributed by atoms with Crippen molar-refractivity contribution in [2.24, 2.45) is 0 Å². The molecule has 0 N–H and O–H groups in total. The fourth-order valence-corrected chi connectivity index (χ4v) is 2.74. The summed E-state index contributed by atoms with van der Waals surface area (Å²) in [6.07, 6.45) is 0. The number of esters is 2. The maximum atomic E-state index is 12.3. The maximum Gasteiger partial charge on any atom is 0.355 e. The minimum atomic E-state index is -0.627. The second-order valence-electron chi connectivity index (χ2n) is 5.67. The molecule has 0 fully saturated rings. The molecule has 0 saturated carbocycles. The number of nitrogens with zero attached hydrogens (tertiary/aromatic N) is 1. The zero-order chi connectivity index (χ0) is 18.7. The van der Waals surface area contributed by atoms with Crippen LogP contribution < -0.4 is 4.90 Å². The zero-order valence-corrected chi connectivity index (χ0v) is 14.8. The molecule has 1 aliphatic heterocycles. The van der Waals surface area contributed by atoms with Crippen LogP contribution in [0.2, 0.25) is 0 Å². The van der Waals surface area contributed by atoms with E-state index in [0.29, 0.717) is 5.69 Å². The van der Waals surface area contributed by atoms with E-state index in [9.17, 15) is 9.59 Å². The molecule has 26 heavy (non-hydrogen) atoms. The first kappa shape index (κ1) is 17.8. The monoisotopic (exact) mass is 357 g/mol. The predicted octanol–water partition coefficient (Wildman–Crippen LogP) is 2.65. The zero-order valence-electron chi connectivity index (χ0n) is 14.8. The number of carbonyl (C=O) groups excluding carboxylic acids is 2. The lowest BCUT2D eigenvalue weighted by Crippen LogP contribution is -2.38. The number of hydrogen-bond donors (Lipinski definition) is 0. The minimum Gasteiger partial charge on any atom is -0.466 e. The third kappa shape index (κ3) is 3.34. The van der Waals surface area contributed by atoms with Crippen molar-refractivity contribution in [1.82, 2.24) is 0 Å². The van der Waals surface area contributed by atoms with Gasteiger partial charge < -0.3 is 23.5 Å². The van der Waals surface area contributed by atoms with Crippen molar-refractivity contribution >= 4 is 17.6 Å². The van der Waals surface area contributed by atoms with Gasteiger partial charge in [-0.2, -0.15) is 0 Å². The molecule has 7 heteroatoms. The maximum absolute atomic E-state index is 12.3. The molecule has 0 spiro atoms. The van der Waals surface area contributed by atoms with Gasteiger partial charge in [0.2, 0.25) is 0 Å². The van der Waals surface area contributed by atoms with Gasteiger partial charge in [-0.25, -0.2) is 9.59 Å². The summed E-state index contributed by atoms with van der Waals surface area (Å²) in [5.74, 6) is 0.326. The number of anilines is 1. The fraction of sp³-hybridized carbons (Fsp3) is 0.263. The average molecular weight is 357 g/mol. The highest BCUT2D eigenvalue weighted by atomic mass is 16.5. The Labute approximate surface area is 150 Å². The number of ether oxygens (including phenoxy) is 3. The first-order valence-electron chi connectivity index (χ1n) is 7.97. The van der Waals surface area contributed by atoms with Crippen LogP contribution in [0.5, 0.6) is 0 Å². The second kappa shape index (κ2) is 7.45. The van der Waals surface area contributed by atoms with E-state index in [-0.39, 0.29) is 24.6 Å². The van der Waals surface area contributed by atoms with Crippen LogP contribution in [-0.4, -0.2) is 39.5 Å². The lowest BCUT2D eigenvalue weighted by molar-refractivity contribution is -0.140. The van der Waals surface area contributed by atoms with E-state index in [1.165, 1.54) is 14.2 Å². The molecule has 3 rings (SSSR count). The summed E-state index contributed by atoms with van der Waals surface area (Å²) in [6, 6.07) is 11.2. The van der Waals surface area contributed by atoms with Crippen LogP contribution in [0.1, 0.15) is 5.76 Å². The van der Waals surface area contributed by atoms with Gasteiger partial charge >= 0.3 is 11.9 Å². The molecule has 0 unspecified atom stereocenters. The van der Waals surface area contributed by atoms with Crippen molar-refractivity contribution in [1.29, 1.82) is 0 Å². The first-order chi connectivity index (χ1) is 12.5. The molecule has 1 aliphatic rings. The lowest BCUT2D eigenvalue weighted by atomic mass is 10.1. The third-order valence-corrected chi connectivity index (χ3v) is 4.04. The Kier molecular flexibility index (Phi) is 5.09. The SMILES string of the molecule is COC(=O)C1=C(C(=O)OC)N(c2ccc(-c3ccc(C)o3)cc2)COC1. The summed E-state index contributed by atoms with van der Waals surface area (Å²) in [5, 5.41) is 0. The number of aryl methyl sites for hydroxylation is 1. The van der Waals surface area contributed by atoms with Gasteiger partial charge in [0.15, 0.2) is 0 Å². The molecule has 0 radical (unpaired) electrons. The van der Waals surface area contributed by atoms with Gasteiger partial charge in [0.1, 0.15) is 23.9 Å². The average Bonchev–Trinajstić information content (AvgIpc) is 3.12. The van der Waals surface area contributed by atoms with Crippen molar-refractivity contribution < 1.29 is 28.2 Å². The summed E-state index contributed by atoms with van der Waals surface area (Å²) in [7, 11) is 2.52. The summed E-state index contributed by atoms with van der Waals surface area (Å²) >= 11 is 0.